The van der Waals surface area contributed by atoms with Gasteiger partial charge in [0.25, 0.3) is 0 Å². The van der Waals surface area contributed by atoms with E-state index in [1.165, 1.54) is 10.5 Å². The van der Waals surface area contributed by atoms with E-state index < -0.39 is 0 Å². The van der Waals surface area contributed by atoms with E-state index in [0.717, 1.165) is 0 Å². The molecular weight excluding hydrogens is 213 g/mol. The predicted molar refractivity (Wildman–Crippen MR) is 40.6 cm³/mol. The lowest BCUT2D eigenvalue weighted by atomic mass is 10.5. The first-order valence-corrected chi connectivity index (χ1v) is 3.73. The van der Waals surface area contributed by atoms with Gasteiger partial charge in [-0.1, -0.05) is 6.07 Å². The molecule has 0 aliphatic heterocycles. The highest BCUT2D eigenvalue weighted by molar-refractivity contribution is 9.10. The number of nitrogens with zero attached hydrogens (tertiary/aromatic N) is 3. The fourth-order valence-corrected chi connectivity index (χ4v) is 1.30. The Kier molecular flexibility index (Phi) is 1.38. The second-order valence-corrected chi connectivity index (χ2v) is 2.72. The van der Waals surface area contributed by atoms with Gasteiger partial charge in [-0.05, 0) is 28.1 Å². The van der Waals surface area contributed by atoms with Crippen LogP contribution in [0.3, 0.4) is 0 Å². The molecule has 0 unspecified atom stereocenters. The van der Waals surface area contributed by atoms with E-state index in [4.69, 9.17) is 0 Å². The molecule has 0 bridgehead atoms. The number of hydrogen-bond acceptors (Lipinski definition) is 2. The average Bonchev–Trinajstić information content (AvgIpc) is 2.34. The molecule has 2 aromatic rings. The van der Waals surface area contributed by atoms with Crippen LogP contribution in [0.1, 0.15) is 0 Å². The van der Waals surface area contributed by atoms with Crippen molar-refractivity contribution in [1.29, 1.82) is 0 Å². The summed E-state index contributed by atoms with van der Waals surface area (Å²) >= 11 is 3.07. The van der Waals surface area contributed by atoms with Gasteiger partial charge in [0.1, 0.15) is 0 Å². The Morgan fingerprint density at radius 3 is 2.91 bits per heavy atom. The molecule has 0 aliphatic carbocycles. The van der Waals surface area contributed by atoms with Crippen LogP contribution in [-0.4, -0.2) is 14.6 Å². The van der Waals surface area contributed by atoms with Crippen LogP contribution >= 0.6 is 15.9 Å². The molecule has 0 saturated carbocycles. The van der Waals surface area contributed by atoms with Crippen LogP contribution in [0, 0.1) is 5.95 Å². The second kappa shape index (κ2) is 2.27. The molecule has 11 heavy (non-hydrogen) atoms. The van der Waals surface area contributed by atoms with E-state index in [-0.39, 0.29) is 5.95 Å². The summed E-state index contributed by atoms with van der Waals surface area (Å²) in [5.41, 5.74) is 0.497. The summed E-state index contributed by atoms with van der Waals surface area (Å²) in [6.45, 7) is 0. The van der Waals surface area contributed by atoms with Gasteiger partial charge in [-0.3, -0.25) is 0 Å². The third-order valence-corrected chi connectivity index (χ3v) is 1.85. The number of halogens is 2. The fraction of sp³-hybridized carbons (Fsp3) is 0. The Hall–Kier alpha value is -0.970. The molecule has 0 spiro atoms. The number of rotatable bonds is 0. The Labute approximate surface area is 70.0 Å². The van der Waals surface area contributed by atoms with E-state index in [2.05, 4.69) is 26.1 Å². The zero-order chi connectivity index (χ0) is 7.84. The maximum atomic E-state index is 12.9. The average molecular weight is 216 g/mol. The lowest BCUT2D eigenvalue weighted by molar-refractivity contribution is 0.563. The lowest BCUT2D eigenvalue weighted by Crippen LogP contribution is -1.90. The van der Waals surface area contributed by atoms with Crippen LogP contribution in [0.15, 0.2) is 22.9 Å². The maximum Gasteiger partial charge on any atom is 0.206 e. The van der Waals surface area contributed by atoms with E-state index in [1.54, 1.807) is 12.1 Å². The molecule has 0 radical (unpaired) electrons. The standard InChI is InChI=1S/C6H3BrFN3/c7-6-10-9-5-3-1-2-4(8)11(5)6/h1-3H. The summed E-state index contributed by atoms with van der Waals surface area (Å²) in [4.78, 5) is 0. The summed E-state index contributed by atoms with van der Waals surface area (Å²) in [7, 11) is 0. The van der Waals surface area contributed by atoms with Crippen molar-refractivity contribution in [2.45, 2.75) is 0 Å². The molecule has 0 saturated heterocycles. The largest absolute Gasteiger partial charge is 0.245 e. The van der Waals surface area contributed by atoms with Crippen molar-refractivity contribution >= 4 is 21.6 Å². The van der Waals surface area contributed by atoms with Gasteiger partial charge in [0.05, 0.1) is 0 Å². The molecule has 2 rings (SSSR count). The van der Waals surface area contributed by atoms with Gasteiger partial charge in [-0.2, -0.15) is 4.39 Å². The minimum Gasteiger partial charge on any atom is -0.245 e. The van der Waals surface area contributed by atoms with Crippen LogP contribution < -0.4 is 0 Å². The summed E-state index contributed by atoms with van der Waals surface area (Å²) in [6, 6.07) is 4.62. The predicted octanol–water partition coefficient (Wildman–Crippen LogP) is 1.63. The minimum atomic E-state index is -0.376. The molecule has 2 heterocycles. The smallest absolute Gasteiger partial charge is 0.206 e. The van der Waals surface area contributed by atoms with E-state index in [1.807, 2.05) is 0 Å². The molecule has 0 atom stereocenters. The molecule has 0 aliphatic rings. The van der Waals surface area contributed by atoms with Crippen molar-refractivity contribution in [3.63, 3.8) is 0 Å². The molecule has 56 valence electrons. The van der Waals surface area contributed by atoms with Gasteiger partial charge in [0.15, 0.2) is 5.65 Å². The SMILES string of the molecule is Fc1cccc2nnc(Br)n12. The Morgan fingerprint density at radius 1 is 1.36 bits per heavy atom. The lowest BCUT2D eigenvalue weighted by Gasteiger charge is -1.92. The zero-order valence-corrected chi connectivity index (χ0v) is 6.92. The van der Waals surface area contributed by atoms with Crippen LogP contribution in [0.4, 0.5) is 4.39 Å². The number of pyridine rings is 1. The third-order valence-electron chi connectivity index (χ3n) is 1.34. The molecule has 0 N–H and O–H groups in total. The molecule has 0 fully saturated rings. The fourth-order valence-electron chi connectivity index (χ4n) is 0.870. The van der Waals surface area contributed by atoms with Gasteiger partial charge >= 0.3 is 0 Å². The van der Waals surface area contributed by atoms with E-state index in [9.17, 15) is 4.39 Å². The second-order valence-electron chi connectivity index (χ2n) is 2.01. The Bertz CT molecular complexity index is 398. The summed E-state index contributed by atoms with van der Waals surface area (Å²) in [5.74, 6) is -0.376. The first-order chi connectivity index (χ1) is 5.29. The van der Waals surface area contributed by atoms with Crippen molar-refractivity contribution < 1.29 is 4.39 Å². The molecule has 3 nitrogen and oxygen atoms in total. The van der Waals surface area contributed by atoms with Crippen molar-refractivity contribution in [1.82, 2.24) is 14.6 Å². The number of aromatic nitrogens is 3. The van der Waals surface area contributed by atoms with Crippen molar-refractivity contribution in [2.75, 3.05) is 0 Å². The zero-order valence-electron chi connectivity index (χ0n) is 5.33. The number of fused-ring (bicyclic) bond motifs is 1. The Morgan fingerprint density at radius 2 is 2.18 bits per heavy atom. The summed E-state index contributed by atoms with van der Waals surface area (Å²) in [6.07, 6.45) is 0. The first kappa shape index (κ1) is 6.72. The van der Waals surface area contributed by atoms with E-state index in [0.29, 0.717) is 10.4 Å². The topological polar surface area (TPSA) is 30.2 Å². The van der Waals surface area contributed by atoms with Crippen molar-refractivity contribution in [3.8, 4) is 0 Å². The molecular formula is C6H3BrFN3. The van der Waals surface area contributed by atoms with Crippen LogP contribution in [0.2, 0.25) is 0 Å². The van der Waals surface area contributed by atoms with Gasteiger partial charge in [0.2, 0.25) is 10.7 Å². The highest BCUT2D eigenvalue weighted by atomic mass is 79.9. The van der Waals surface area contributed by atoms with Gasteiger partial charge in [-0.15, -0.1) is 10.2 Å². The van der Waals surface area contributed by atoms with Crippen molar-refractivity contribution in [2.24, 2.45) is 0 Å². The summed E-state index contributed by atoms with van der Waals surface area (Å²) < 4.78 is 14.6. The van der Waals surface area contributed by atoms with Gasteiger partial charge < -0.3 is 0 Å². The van der Waals surface area contributed by atoms with Crippen LogP contribution in [0.5, 0.6) is 0 Å². The molecule has 0 amide bonds. The maximum absolute atomic E-state index is 12.9. The first-order valence-electron chi connectivity index (χ1n) is 2.94. The Balaban J connectivity index is 2.96. The minimum absolute atomic E-state index is 0.376. The van der Waals surface area contributed by atoms with E-state index >= 15 is 0 Å². The van der Waals surface area contributed by atoms with Crippen molar-refractivity contribution in [3.05, 3.63) is 28.9 Å². The highest BCUT2D eigenvalue weighted by Gasteiger charge is 2.04. The quantitative estimate of drug-likeness (QED) is 0.626. The highest BCUT2D eigenvalue weighted by Crippen LogP contribution is 2.11. The van der Waals surface area contributed by atoms with Crippen LogP contribution in [0.25, 0.3) is 5.65 Å². The van der Waals surface area contributed by atoms with Gasteiger partial charge in [-0.25, -0.2) is 4.40 Å². The monoisotopic (exact) mass is 215 g/mol. The normalized spacial score (nSPS) is 10.7. The molecule has 2 aromatic heterocycles. The van der Waals surface area contributed by atoms with Gasteiger partial charge in [0, 0.05) is 0 Å². The number of hydrogen-bond donors (Lipinski definition) is 0. The summed E-state index contributed by atoms with van der Waals surface area (Å²) in [5, 5.41) is 7.35. The van der Waals surface area contributed by atoms with Crippen LogP contribution in [-0.2, 0) is 0 Å². The third kappa shape index (κ3) is 0.920. The molecule has 5 heteroatoms. The molecule has 0 aromatic carbocycles.